The van der Waals surface area contributed by atoms with Gasteiger partial charge in [0, 0.05) is 24.7 Å². The molecule has 2 aromatic rings. The van der Waals surface area contributed by atoms with E-state index in [0.717, 1.165) is 0 Å². The highest BCUT2D eigenvalue weighted by Crippen LogP contribution is 2.30. The molecule has 3 rings (SSSR count). The first-order valence-corrected chi connectivity index (χ1v) is 10.2. The summed E-state index contributed by atoms with van der Waals surface area (Å²) in [6.07, 6.45) is -0.192. The van der Waals surface area contributed by atoms with Crippen LogP contribution < -0.4 is 15.5 Å². The van der Waals surface area contributed by atoms with Crippen molar-refractivity contribution in [2.24, 2.45) is 0 Å². The molecule has 0 bridgehead atoms. The molecule has 3 amide bonds. The number of benzene rings is 2. The molecule has 0 saturated heterocycles. The van der Waals surface area contributed by atoms with Crippen molar-refractivity contribution in [1.82, 2.24) is 0 Å². The minimum absolute atomic E-state index is 0.0429. The summed E-state index contributed by atoms with van der Waals surface area (Å²) in [5, 5.41) is 5.28. The highest BCUT2D eigenvalue weighted by Gasteiger charge is 2.31. The maximum atomic E-state index is 12.5. The predicted octanol–water partition coefficient (Wildman–Crippen LogP) is 1.79. The van der Waals surface area contributed by atoms with E-state index in [1.165, 1.54) is 24.0 Å². The molecular weight excluding hydrogens is 382 g/mol. The van der Waals surface area contributed by atoms with Gasteiger partial charge in [0.05, 0.1) is 16.3 Å². The Morgan fingerprint density at radius 1 is 1.04 bits per heavy atom. The number of anilines is 3. The lowest BCUT2D eigenvalue weighted by atomic mass is 10.2. The first-order chi connectivity index (χ1) is 13.3. The normalized spacial score (nSPS) is 15.3. The van der Waals surface area contributed by atoms with Crippen LogP contribution in [-0.4, -0.2) is 38.4 Å². The number of nitrogens with zero attached hydrogens (tertiary/aromatic N) is 1. The van der Waals surface area contributed by atoms with Crippen molar-refractivity contribution in [2.45, 2.75) is 18.2 Å². The minimum Gasteiger partial charge on any atom is -0.326 e. The number of carbonyl (C=O) groups excluding carboxylic acids is 3. The number of hydrogen-bond donors (Lipinski definition) is 2. The van der Waals surface area contributed by atoms with Crippen LogP contribution in [0.4, 0.5) is 17.1 Å². The number of fused-ring (bicyclic) bond motifs is 1. The fourth-order valence-corrected chi connectivity index (χ4v) is 4.39. The summed E-state index contributed by atoms with van der Waals surface area (Å²) < 4.78 is 24.7. The summed E-state index contributed by atoms with van der Waals surface area (Å²) in [4.78, 5) is 37.3. The maximum absolute atomic E-state index is 12.5. The summed E-state index contributed by atoms with van der Waals surface area (Å²) in [6.45, 7) is 1.05. The van der Waals surface area contributed by atoms with Gasteiger partial charge in [-0.05, 0) is 30.3 Å². The average Bonchev–Trinajstić information content (AvgIpc) is 2.72. The minimum atomic E-state index is -3.59. The van der Waals surface area contributed by atoms with Gasteiger partial charge in [-0.1, -0.05) is 18.2 Å². The molecule has 0 saturated carbocycles. The Labute approximate surface area is 162 Å². The number of para-hydroxylation sites is 1. The van der Waals surface area contributed by atoms with Gasteiger partial charge in [-0.3, -0.25) is 14.4 Å². The zero-order valence-electron chi connectivity index (χ0n) is 15.1. The van der Waals surface area contributed by atoms with Crippen molar-refractivity contribution in [3.05, 3.63) is 48.5 Å². The second kappa shape index (κ2) is 7.81. The zero-order chi connectivity index (χ0) is 20.3. The Kier molecular flexibility index (Phi) is 5.46. The van der Waals surface area contributed by atoms with Gasteiger partial charge in [-0.15, -0.1) is 0 Å². The standard InChI is InChI=1S/C19H19N3O5S/c1-13(23)20-14-5-4-6-15(11-14)21-18(24)12-22-16-7-2-3-8-17(16)28(26,27)10-9-19(22)25/h2-8,11H,9-10,12H2,1H3,(H,20,23)(H,21,24). The Hall–Kier alpha value is -3.20. The van der Waals surface area contributed by atoms with Crippen LogP contribution in [0.15, 0.2) is 53.4 Å². The van der Waals surface area contributed by atoms with Gasteiger partial charge < -0.3 is 15.5 Å². The maximum Gasteiger partial charge on any atom is 0.244 e. The van der Waals surface area contributed by atoms with Crippen LogP contribution in [0.3, 0.4) is 0 Å². The molecule has 9 heteroatoms. The number of sulfone groups is 1. The lowest BCUT2D eigenvalue weighted by molar-refractivity contribution is -0.121. The van der Waals surface area contributed by atoms with Gasteiger partial charge in [-0.2, -0.15) is 0 Å². The molecule has 8 nitrogen and oxygen atoms in total. The molecule has 1 aliphatic heterocycles. The van der Waals surface area contributed by atoms with Gasteiger partial charge in [0.25, 0.3) is 0 Å². The van der Waals surface area contributed by atoms with Crippen LogP contribution in [0.1, 0.15) is 13.3 Å². The third-order valence-corrected chi connectivity index (χ3v) is 5.90. The number of nitrogens with one attached hydrogen (secondary N) is 2. The summed E-state index contributed by atoms with van der Waals surface area (Å²) in [5.74, 6) is -1.45. The molecule has 0 unspecified atom stereocenters. The predicted molar refractivity (Wildman–Crippen MR) is 105 cm³/mol. The van der Waals surface area contributed by atoms with E-state index in [4.69, 9.17) is 0 Å². The average molecular weight is 401 g/mol. The van der Waals surface area contributed by atoms with E-state index in [1.54, 1.807) is 36.4 Å². The molecule has 0 aromatic heterocycles. The van der Waals surface area contributed by atoms with Crippen molar-refractivity contribution < 1.29 is 22.8 Å². The first kappa shape index (κ1) is 19.6. The van der Waals surface area contributed by atoms with Crippen LogP contribution in [0, 0.1) is 0 Å². The second-order valence-electron chi connectivity index (χ2n) is 6.33. The number of rotatable bonds is 4. The number of hydrogen-bond acceptors (Lipinski definition) is 5. The van der Waals surface area contributed by atoms with E-state index in [1.807, 2.05) is 0 Å². The van der Waals surface area contributed by atoms with Gasteiger partial charge in [0.15, 0.2) is 9.84 Å². The molecule has 0 spiro atoms. The largest absolute Gasteiger partial charge is 0.326 e. The van der Waals surface area contributed by atoms with Gasteiger partial charge in [0.1, 0.15) is 6.54 Å². The van der Waals surface area contributed by atoms with E-state index < -0.39 is 21.7 Å². The number of carbonyl (C=O) groups is 3. The van der Waals surface area contributed by atoms with Crippen LogP contribution >= 0.6 is 0 Å². The molecule has 28 heavy (non-hydrogen) atoms. The highest BCUT2D eigenvalue weighted by molar-refractivity contribution is 7.91. The van der Waals surface area contributed by atoms with E-state index >= 15 is 0 Å². The topological polar surface area (TPSA) is 113 Å². The molecule has 0 radical (unpaired) electrons. The van der Waals surface area contributed by atoms with Gasteiger partial charge >= 0.3 is 0 Å². The third-order valence-electron chi connectivity index (χ3n) is 4.15. The van der Waals surface area contributed by atoms with E-state index in [9.17, 15) is 22.8 Å². The van der Waals surface area contributed by atoms with Crippen LogP contribution in [0.25, 0.3) is 0 Å². The molecule has 2 aromatic carbocycles. The third kappa shape index (κ3) is 4.37. The van der Waals surface area contributed by atoms with Crippen LogP contribution in [-0.2, 0) is 24.2 Å². The molecule has 146 valence electrons. The molecular formula is C19H19N3O5S. The highest BCUT2D eigenvalue weighted by atomic mass is 32.2. The summed E-state index contributed by atoms with van der Waals surface area (Å²) >= 11 is 0. The Morgan fingerprint density at radius 2 is 1.71 bits per heavy atom. The molecule has 0 fully saturated rings. The quantitative estimate of drug-likeness (QED) is 0.811. The van der Waals surface area contributed by atoms with E-state index in [2.05, 4.69) is 10.6 Å². The SMILES string of the molecule is CC(=O)Nc1cccc(NC(=O)CN2C(=O)CCS(=O)(=O)c3ccccc32)c1. The summed E-state index contributed by atoms with van der Waals surface area (Å²) in [5.41, 5.74) is 1.17. The van der Waals surface area contributed by atoms with Gasteiger partial charge in [-0.25, -0.2) is 8.42 Å². The van der Waals surface area contributed by atoms with Crippen LogP contribution in [0.5, 0.6) is 0 Å². The fraction of sp³-hybridized carbons (Fsp3) is 0.211. The van der Waals surface area contributed by atoms with Crippen molar-refractivity contribution in [1.29, 1.82) is 0 Å². The van der Waals surface area contributed by atoms with Gasteiger partial charge in [0.2, 0.25) is 17.7 Å². The molecule has 0 atom stereocenters. The first-order valence-electron chi connectivity index (χ1n) is 8.56. The molecule has 1 heterocycles. The summed E-state index contributed by atoms with van der Waals surface area (Å²) in [6, 6.07) is 12.7. The smallest absolute Gasteiger partial charge is 0.244 e. The Morgan fingerprint density at radius 3 is 2.43 bits per heavy atom. The lowest BCUT2D eigenvalue weighted by Crippen LogP contribution is -2.37. The Balaban J connectivity index is 1.81. The lowest BCUT2D eigenvalue weighted by Gasteiger charge is -2.22. The molecule has 2 N–H and O–H groups in total. The Bertz CT molecular complexity index is 1050. The van der Waals surface area contributed by atoms with Crippen LogP contribution in [0.2, 0.25) is 0 Å². The number of amides is 3. The summed E-state index contributed by atoms with van der Waals surface area (Å²) in [7, 11) is -3.59. The van der Waals surface area contributed by atoms with Crippen molar-refractivity contribution in [2.75, 3.05) is 27.8 Å². The van der Waals surface area contributed by atoms with Crippen molar-refractivity contribution >= 4 is 44.6 Å². The van der Waals surface area contributed by atoms with Crippen molar-refractivity contribution in [3.63, 3.8) is 0 Å². The van der Waals surface area contributed by atoms with E-state index in [-0.39, 0.29) is 35.2 Å². The zero-order valence-corrected chi connectivity index (χ0v) is 16.0. The molecule has 1 aliphatic rings. The molecule has 0 aliphatic carbocycles. The second-order valence-corrected chi connectivity index (χ2v) is 8.40. The van der Waals surface area contributed by atoms with E-state index in [0.29, 0.717) is 11.4 Å². The van der Waals surface area contributed by atoms with Crippen molar-refractivity contribution in [3.8, 4) is 0 Å². The monoisotopic (exact) mass is 401 g/mol. The fourth-order valence-electron chi connectivity index (χ4n) is 2.94.